The Bertz CT molecular complexity index is 1030. The van der Waals surface area contributed by atoms with Crippen LogP contribution in [0.5, 0.6) is 5.75 Å². The molecule has 0 spiro atoms. The molecule has 0 unspecified atom stereocenters. The van der Waals surface area contributed by atoms with Crippen molar-refractivity contribution in [3.8, 4) is 11.8 Å². The second-order valence-corrected chi connectivity index (χ2v) is 7.02. The fourth-order valence-corrected chi connectivity index (χ4v) is 3.83. The Labute approximate surface area is 151 Å². The van der Waals surface area contributed by atoms with E-state index in [1.807, 2.05) is 54.9 Å². The van der Waals surface area contributed by atoms with Crippen LogP contribution in [-0.2, 0) is 4.74 Å². The van der Waals surface area contributed by atoms with Crippen molar-refractivity contribution in [2.75, 3.05) is 12.8 Å². The zero-order valence-electron chi connectivity index (χ0n) is 14.9. The average Bonchev–Trinajstić information content (AvgIpc) is 2.96. The number of ether oxygens (including phenoxy) is 2. The molecule has 0 bridgehead atoms. The van der Waals surface area contributed by atoms with E-state index in [-0.39, 0.29) is 12.1 Å². The molecule has 1 aromatic heterocycles. The van der Waals surface area contributed by atoms with Gasteiger partial charge >= 0.3 is 0 Å². The van der Waals surface area contributed by atoms with E-state index >= 15 is 0 Å². The van der Waals surface area contributed by atoms with Crippen molar-refractivity contribution in [2.45, 2.75) is 31.6 Å². The number of anilines is 1. The van der Waals surface area contributed by atoms with Crippen molar-refractivity contribution in [1.29, 1.82) is 5.26 Å². The lowest BCUT2D eigenvalue weighted by Crippen LogP contribution is -2.51. The standard InChI is InChI=1S/C20H20N4O2/c1-20(2)18(25-3)17(14-10-12(11-21)8-9-16(14)26-20)24-15-7-5-4-6-13(15)19(22)23-24/h4-10,17-18H,1-3H3,(H2,22,23)/t17-,18+/m1/s1. The summed E-state index contributed by atoms with van der Waals surface area (Å²) in [5.74, 6) is 1.20. The van der Waals surface area contributed by atoms with E-state index in [4.69, 9.17) is 15.2 Å². The number of nitrogen functional groups attached to an aromatic ring is 1. The third-order valence-corrected chi connectivity index (χ3v) is 4.96. The zero-order chi connectivity index (χ0) is 18.5. The summed E-state index contributed by atoms with van der Waals surface area (Å²) in [6.45, 7) is 3.98. The van der Waals surface area contributed by atoms with E-state index in [9.17, 15) is 5.26 Å². The quantitative estimate of drug-likeness (QED) is 0.768. The van der Waals surface area contributed by atoms with Crippen LogP contribution in [0, 0.1) is 11.3 Å². The Hall–Kier alpha value is -3.04. The van der Waals surface area contributed by atoms with Crippen LogP contribution < -0.4 is 10.5 Å². The minimum atomic E-state index is -0.581. The van der Waals surface area contributed by atoms with Crippen LogP contribution >= 0.6 is 0 Å². The van der Waals surface area contributed by atoms with Gasteiger partial charge in [0.25, 0.3) is 0 Å². The summed E-state index contributed by atoms with van der Waals surface area (Å²) >= 11 is 0. The van der Waals surface area contributed by atoms with Gasteiger partial charge in [-0.15, -0.1) is 0 Å². The molecule has 6 nitrogen and oxygen atoms in total. The van der Waals surface area contributed by atoms with Crippen molar-refractivity contribution < 1.29 is 9.47 Å². The van der Waals surface area contributed by atoms with Gasteiger partial charge in [-0.2, -0.15) is 10.4 Å². The molecule has 1 aliphatic rings. The Balaban J connectivity index is 2.02. The Morgan fingerprint density at radius 3 is 2.77 bits per heavy atom. The van der Waals surface area contributed by atoms with Crippen LogP contribution in [0.4, 0.5) is 5.82 Å². The zero-order valence-corrected chi connectivity index (χ0v) is 14.9. The molecular weight excluding hydrogens is 328 g/mol. The minimum absolute atomic E-state index is 0.269. The predicted octanol–water partition coefficient (Wildman–Crippen LogP) is 3.27. The number of hydrogen-bond acceptors (Lipinski definition) is 5. The molecule has 4 rings (SSSR count). The highest BCUT2D eigenvalue weighted by molar-refractivity contribution is 5.89. The van der Waals surface area contributed by atoms with E-state index in [2.05, 4.69) is 11.2 Å². The fourth-order valence-electron chi connectivity index (χ4n) is 3.83. The van der Waals surface area contributed by atoms with E-state index in [0.29, 0.717) is 11.4 Å². The first-order chi connectivity index (χ1) is 12.5. The number of hydrogen-bond donors (Lipinski definition) is 1. The first-order valence-corrected chi connectivity index (χ1v) is 8.45. The largest absolute Gasteiger partial charge is 0.485 e. The molecule has 2 atom stereocenters. The first-order valence-electron chi connectivity index (χ1n) is 8.45. The Kier molecular flexibility index (Phi) is 3.63. The number of nitrogens with zero attached hydrogens (tertiary/aromatic N) is 3. The monoisotopic (exact) mass is 348 g/mol. The molecule has 0 radical (unpaired) electrons. The molecule has 1 aliphatic heterocycles. The maximum Gasteiger partial charge on any atom is 0.153 e. The molecule has 132 valence electrons. The van der Waals surface area contributed by atoms with Crippen LogP contribution in [0.2, 0.25) is 0 Å². The van der Waals surface area contributed by atoms with Gasteiger partial charge < -0.3 is 15.2 Å². The molecule has 0 saturated heterocycles. The summed E-state index contributed by atoms with van der Waals surface area (Å²) in [5, 5.41) is 14.8. The van der Waals surface area contributed by atoms with Gasteiger partial charge in [-0.3, -0.25) is 4.68 Å². The van der Waals surface area contributed by atoms with E-state index < -0.39 is 5.60 Å². The molecule has 6 heteroatoms. The van der Waals surface area contributed by atoms with Crippen molar-refractivity contribution in [3.05, 3.63) is 53.6 Å². The molecule has 3 aromatic rings. The molecule has 2 aromatic carbocycles. The normalized spacial score (nSPS) is 21.0. The third-order valence-electron chi connectivity index (χ3n) is 4.96. The number of nitriles is 1. The molecule has 0 amide bonds. The molecule has 26 heavy (non-hydrogen) atoms. The summed E-state index contributed by atoms with van der Waals surface area (Å²) in [6.07, 6.45) is -0.313. The van der Waals surface area contributed by atoms with Gasteiger partial charge in [0.15, 0.2) is 5.82 Å². The van der Waals surface area contributed by atoms with Crippen LogP contribution in [0.1, 0.15) is 31.0 Å². The van der Waals surface area contributed by atoms with E-state index in [1.165, 1.54) is 0 Å². The predicted molar refractivity (Wildman–Crippen MR) is 98.9 cm³/mol. The number of aromatic nitrogens is 2. The molecule has 0 saturated carbocycles. The second kappa shape index (κ2) is 5.75. The maximum atomic E-state index is 9.33. The number of para-hydroxylation sites is 1. The van der Waals surface area contributed by atoms with Crippen LogP contribution in [0.25, 0.3) is 10.9 Å². The summed E-state index contributed by atoms with van der Waals surface area (Å²) in [4.78, 5) is 0. The summed E-state index contributed by atoms with van der Waals surface area (Å²) in [7, 11) is 1.66. The van der Waals surface area contributed by atoms with Gasteiger partial charge in [0, 0.05) is 18.1 Å². The molecular formula is C20H20N4O2. The van der Waals surface area contributed by atoms with Gasteiger partial charge in [-0.1, -0.05) is 12.1 Å². The van der Waals surface area contributed by atoms with Crippen LogP contribution in [0.3, 0.4) is 0 Å². The molecule has 0 aliphatic carbocycles. The van der Waals surface area contributed by atoms with Gasteiger partial charge in [0.2, 0.25) is 0 Å². The topological polar surface area (TPSA) is 86.1 Å². The Morgan fingerprint density at radius 2 is 2.04 bits per heavy atom. The maximum absolute atomic E-state index is 9.33. The molecule has 2 N–H and O–H groups in total. The number of benzene rings is 2. The molecule has 2 heterocycles. The molecule has 0 fully saturated rings. The lowest BCUT2D eigenvalue weighted by molar-refractivity contribution is -0.0867. The first kappa shape index (κ1) is 16.4. The van der Waals surface area contributed by atoms with Gasteiger partial charge in [0.1, 0.15) is 23.5 Å². The van der Waals surface area contributed by atoms with Gasteiger partial charge in [-0.25, -0.2) is 0 Å². The van der Waals surface area contributed by atoms with Gasteiger partial charge in [0.05, 0.1) is 17.1 Å². The minimum Gasteiger partial charge on any atom is -0.485 e. The average molecular weight is 348 g/mol. The van der Waals surface area contributed by atoms with E-state index in [1.54, 1.807) is 13.2 Å². The van der Waals surface area contributed by atoms with Crippen LogP contribution in [0.15, 0.2) is 42.5 Å². The second-order valence-electron chi connectivity index (χ2n) is 7.02. The smallest absolute Gasteiger partial charge is 0.153 e. The van der Waals surface area contributed by atoms with Gasteiger partial charge in [-0.05, 0) is 44.2 Å². The summed E-state index contributed by atoms with van der Waals surface area (Å²) < 4.78 is 13.9. The highest BCUT2D eigenvalue weighted by Gasteiger charge is 2.46. The number of methoxy groups -OCH3 is 1. The number of rotatable bonds is 2. The number of nitrogens with two attached hydrogens (primary N) is 1. The SMILES string of the molecule is CO[C@H]1[C@H](n2nc(N)c3ccccc32)c2cc(C#N)ccc2OC1(C)C. The van der Waals surface area contributed by atoms with Crippen molar-refractivity contribution in [2.24, 2.45) is 0 Å². The van der Waals surface area contributed by atoms with Crippen molar-refractivity contribution >= 4 is 16.7 Å². The summed E-state index contributed by atoms with van der Waals surface area (Å²) in [5.41, 5.74) is 7.93. The number of fused-ring (bicyclic) bond motifs is 2. The van der Waals surface area contributed by atoms with E-state index in [0.717, 1.165) is 22.2 Å². The van der Waals surface area contributed by atoms with Crippen molar-refractivity contribution in [1.82, 2.24) is 9.78 Å². The lowest BCUT2D eigenvalue weighted by Gasteiger charge is -2.44. The highest BCUT2D eigenvalue weighted by Crippen LogP contribution is 2.44. The highest BCUT2D eigenvalue weighted by atomic mass is 16.6. The summed E-state index contributed by atoms with van der Waals surface area (Å²) in [6, 6.07) is 15.2. The Morgan fingerprint density at radius 1 is 1.27 bits per heavy atom. The van der Waals surface area contributed by atoms with Crippen LogP contribution in [-0.4, -0.2) is 28.6 Å². The lowest BCUT2D eigenvalue weighted by atomic mass is 9.85. The fraction of sp³-hybridized carbons (Fsp3) is 0.300. The third kappa shape index (κ3) is 2.32. The van der Waals surface area contributed by atoms with Crippen molar-refractivity contribution in [3.63, 3.8) is 0 Å².